The Kier molecular flexibility index (Phi) is 5.45. The molecule has 0 spiro atoms. The number of amides is 1. The number of pyridine rings is 2. The molecule has 0 aliphatic carbocycles. The van der Waals surface area contributed by atoms with Crippen molar-refractivity contribution in [2.24, 2.45) is 5.92 Å². The number of hydrogen-bond donors (Lipinski definition) is 1. The summed E-state index contributed by atoms with van der Waals surface area (Å²) in [7, 11) is 0. The van der Waals surface area contributed by atoms with Crippen molar-refractivity contribution in [2.75, 3.05) is 13.1 Å². The molecule has 3 aromatic heterocycles. The van der Waals surface area contributed by atoms with Crippen molar-refractivity contribution in [2.45, 2.75) is 53.0 Å². The molecule has 0 aromatic carbocycles. The van der Waals surface area contributed by atoms with Crippen LogP contribution in [0.25, 0.3) is 16.7 Å². The third-order valence-electron chi connectivity index (χ3n) is 6.17. The van der Waals surface area contributed by atoms with Crippen LogP contribution in [-0.2, 0) is 6.54 Å². The Morgan fingerprint density at radius 2 is 2.00 bits per heavy atom. The van der Waals surface area contributed by atoms with E-state index >= 15 is 0 Å². The first-order valence-corrected chi connectivity index (χ1v) is 10.8. The second kappa shape index (κ2) is 8.05. The summed E-state index contributed by atoms with van der Waals surface area (Å²) in [5, 5.41) is 9.18. The molecule has 1 saturated heterocycles. The van der Waals surface area contributed by atoms with Gasteiger partial charge in [-0.05, 0) is 49.8 Å². The highest BCUT2D eigenvalue weighted by molar-refractivity contribution is 5.97. The van der Waals surface area contributed by atoms with Crippen molar-refractivity contribution in [3.63, 3.8) is 0 Å². The summed E-state index contributed by atoms with van der Waals surface area (Å²) in [4.78, 5) is 33.2. The van der Waals surface area contributed by atoms with E-state index in [4.69, 9.17) is 10.4 Å². The lowest BCUT2D eigenvalue weighted by Crippen LogP contribution is -2.41. The first-order valence-electron chi connectivity index (χ1n) is 10.8. The molecule has 0 bridgehead atoms. The quantitative estimate of drug-likeness (QED) is 0.675. The van der Waals surface area contributed by atoms with Gasteiger partial charge in [0.2, 0.25) is 0 Å². The molecular weight excluding hydrogens is 378 g/mol. The van der Waals surface area contributed by atoms with E-state index in [1.807, 2.05) is 24.0 Å². The van der Waals surface area contributed by atoms with Gasteiger partial charge in [-0.1, -0.05) is 26.3 Å². The van der Waals surface area contributed by atoms with Crippen molar-refractivity contribution in [3.8, 4) is 0 Å². The summed E-state index contributed by atoms with van der Waals surface area (Å²) >= 11 is 0. The fraction of sp³-hybridized carbons (Fsp3) is 0.478. The highest BCUT2D eigenvalue weighted by Crippen LogP contribution is 2.19. The van der Waals surface area contributed by atoms with Gasteiger partial charge < -0.3 is 9.47 Å². The molecule has 7 nitrogen and oxygen atoms in total. The van der Waals surface area contributed by atoms with E-state index in [1.165, 1.54) is 4.40 Å². The van der Waals surface area contributed by atoms with Crippen molar-refractivity contribution in [1.82, 2.24) is 18.9 Å². The topological polar surface area (TPSA) is 83.5 Å². The molecule has 0 radical (unpaired) electrons. The van der Waals surface area contributed by atoms with Gasteiger partial charge in [-0.3, -0.25) is 19.4 Å². The maximum absolute atomic E-state index is 13.3. The second-order valence-electron chi connectivity index (χ2n) is 8.43. The first kappa shape index (κ1) is 20.3. The number of rotatable bonds is 4. The largest absolute Gasteiger partial charge is 0.339 e. The summed E-state index contributed by atoms with van der Waals surface area (Å²) in [5.41, 5.74) is 2.20. The van der Waals surface area contributed by atoms with Gasteiger partial charge in [-0.15, -0.1) is 0 Å². The van der Waals surface area contributed by atoms with Gasteiger partial charge in [0.15, 0.2) is 0 Å². The number of fused-ring (bicyclic) bond motifs is 2. The van der Waals surface area contributed by atoms with Gasteiger partial charge in [0.1, 0.15) is 16.8 Å². The predicted octanol–water partition coefficient (Wildman–Crippen LogP) is 3.11. The predicted molar refractivity (Wildman–Crippen MR) is 117 cm³/mol. The second-order valence-corrected chi connectivity index (χ2v) is 8.43. The van der Waals surface area contributed by atoms with Crippen LogP contribution in [0.1, 0.15) is 55.5 Å². The number of hydrogen-bond acceptors (Lipinski definition) is 4. The van der Waals surface area contributed by atoms with Crippen molar-refractivity contribution < 1.29 is 4.79 Å². The summed E-state index contributed by atoms with van der Waals surface area (Å²) in [6, 6.07) is 5.33. The highest BCUT2D eigenvalue weighted by atomic mass is 16.2. The third-order valence-corrected chi connectivity index (χ3v) is 6.17. The van der Waals surface area contributed by atoms with E-state index in [9.17, 15) is 9.59 Å². The van der Waals surface area contributed by atoms with Crippen LogP contribution in [0.15, 0.2) is 29.2 Å². The zero-order valence-corrected chi connectivity index (χ0v) is 17.9. The van der Waals surface area contributed by atoms with Crippen LogP contribution in [0.5, 0.6) is 0 Å². The Labute approximate surface area is 175 Å². The molecule has 4 rings (SSSR count). The average molecular weight is 408 g/mol. The fourth-order valence-electron chi connectivity index (χ4n) is 4.18. The number of likely N-dealkylation sites (tertiary alicyclic amines) is 1. The Bertz CT molecular complexity index is 1230. The van der Waals surface area contributed by atoms with Crippen LogP contribution in [0, 0.1) is 18.3 Å². The Morgan fingerprint density at radius 1 is 1.27 bits per heavy atom. The van der Waals surface area contributed by atoms with Gasteiger partial charge in [-0.2, -0.15) is 0 Å². The molecule has 7 heteroatoms. The van der Waals surface area contributed by atoms with Gasteiger partial charge >= 0.3 is 0 Å². The third kappa shape index (κ3) is 3.42. The Morgan fingerprint density at radius 3 is 2.70 bits per heavy atom. The van der Waals surface area contributed by atoms with Crippen LogP contribution < -0.4 is 11.0 Å². The van der Waals surface area contributed by atoms with E-state index in [1.54, 1.807) is 16.8 Å². The maximum Gasteiger partial charge on any atom is 0.267 e. The van der Waals surface area contributed by atoms with Crippen molar-refractivity contribution in [3.05, 3.63) is 51.4 Å². The molecule has 1 fully saturated rings. The fourth-order valence-corrected chi connectivity index (χ4v) is 4.18. The molecule has 1 N–H and O–H groups in total. The Balaban J connectivity index is 1.96. The Hall–Kier alpha value is -2.96. The SMILES string of the molecule is CCCCn1c(=N)c(C(=O)N2CCC(C)CC2)cc2c(=O)n3cccc(C)c3nc21. The smallest absolute Gasteiger partial charge is 0.267 e. The normalized spacial score (nSPS) is 15.2. The van der Waals surface area contributed by atoms with Crippen molar-refractivity contribution >= 4 is 22.6 Å². The van der Waals surface area contributed by atoms with Gasteiger partial charge in [0.05, 0.1) is 10.9 Å². The van der Waals surface area contributed by atoms with Crippen LogP contribution in [0.4, 0.5) is 0 Å². The molecule has 1 aliphatic rings. The lowest BCUT2D eigenvalue weighted by Gasteiger charge is -2.30. The molecular formula is C23H29N5O2. The molecule has 0 atom stereocenters. The van der Waals surface area contributed by atoms with Gasteiger partial charge in [-0.25, -0.2) is 4.98 Å². The monoisotopic (exact) mass is 407 g/mol. The standard InChI is InChI=1S/C23H29N5O2/c1-4-5-10-27-19(24)17(22(29)26-12-8-15(2)9-13-26)14-18-21(27)25-20-16(3)7-6-11-28(20)23(18)30/h6-7,11,14-15,24H,4-5,8-10,12-13H2,1-3H3. The van der Waals surface area contributed by atoms with E-state index in [0.717, 1.165) is 31.2 Å². The maximum atomic E-state index is 13.3. The summed E-state index contributed by atoms with van der Waals surface area (Å²) < 4.78 is 3.27. The van der Waals surface area contributed by atoms with Crippen LogP contribution in [-0.4, -0.2) is 37.8 Å². The minimum atomic E-state index is -0.203. The highest BCUT2D eigenvalue weighted by Gasteiger charge is 2.25. The molecule has 1 amide bonds. The molecule has 3 aromatic rings. The number of aromatic nitrogens is 3. The number of aryl methyl sites for hydroxylation is 2. The van der Waals surface area contributed by atoms with Gasteiger partial charge in [0, 0.05) is 25.8 Å². The van der Waals surface area contributed by atoms with Crippen LogP contribution in [0.2, 0.25) is 0 Å². The van der Waals surface area contributed by atoms with Crippen LogP contribution in [0.3, 0.4) is 0 Å². The first-order chi connectivity index (χ1) is 14.4. The zero-order valence-electron chi connectivity index (χ0n) is 17.9. The van der Waals surface area contributed by atoms with E-state index < -0.39 is 0 Å². The van der Waals surface area contributed by atoms with Crippen molar-refractivity contribution in [1.29, 1.82) is 5.41 Å². The van der Waals surface area contributed by atoms with E-state index in [0.29, 0.717) is 47.8 Å². The molecule has 0 unspecified atom stereocenters. The number of unbranched alkanes of at least 4 members (excludes halogenated alkanes) is 1. The molecule has 1 aliphatic heterocycles. The summed E-state index contributed by atoms with van der Waals surface area (Å²) in [6.45, 7) is 8.14. The summed E-state index contributed by atoms with van der Waals surface area (Å²) in [6.07, 6.45) is 5.43. The zero-order chi connectivity index (χ0) is 21.4. The van der Waals surface area contributed by atoms with Gasteiger partial charge in [0.25, 0.3) is 11.5 Å². The molecule has 4 heterocycles. The number of carbonyl (C=O) groups is 1. The lowest BCUT2D eigenvalue weighted by molar-refractivity contribution is 0.0694. The van der Waals surface area contributed by atoms with E-state index in [-0.39, 0.29) is 17.0 Å². The molecule has 158 valence electrons. The average Bonchev–Trinajstić information content (AvgIpc) is 2.74. The molecule has 0 saturated carbocycles. The molecule has 30 heavy (non-hydrogen) atoms. The number of nitrogens with zero attached hydrogens (tertiary/aromatic N) is 4. The van der Waals surface area contributed by atoms with E-state index in [2.05, 4.69) is 13.8 Å². The lowest BCUT2D eigenvalue weighted by atomic mass is 9.98. The number of nitrogens with one attached hydrogen (secondary N) is 1. The minimum Gasteiger partial charge on any atom is -0.339 e. The minimum absolute atomic E-state index is 0.143. The summed E-state index contributed by atoms with van der Waals surface area (Å²) in [5.74, 6) is 0.451. The number of piperidine rings is 1. The number of carbonyl (C=O) groups excluding carboxylic acids is 1. The van der Waals surface area contributed by atoms with Crippen LogP contribution >= 0.6 is 0 Å².